The van der Waals surface area contributed by atoms with E-state index in [0.29, 0.717) is 0 Å². The molecule has 0 bridgehead atoms. The van der Waals surface area contributed by atoms with E-state index >= 15 is 0 Å². The van der Waals surface area contributed by atoms with Crippen molar-refractivity contribution in [3.63, 3.8) is 0 Å². The predicted octanol–water partition coefficient (Wildman–Crippen LogP) is 1.17. The lowest BCUT2D eigenvalue weighted by Gasteiger charge is -2.28. The van der Waals surface area contributed by atoms with E-state index in [1.165, 1.54) is 0 Å². The van der Waals surface area contributed by atoms with Crippen LogP contribution in [-0.2, 0) is 15.1 Å². The average molecular weight is 314 g/mol. The highest BCUT2D eigenvalue weighted by atomic mass is 35.5. The van der Waals surface area contributed by atoms with Gasteiger partial charge in [-0.25, -0.2) is 0 Å². The molecule has 1 aromatic carbocycles. The van der Waals surface area contributed by atoms with E-state index in [1.54, 1.807) is 27.8 Å². The van der Waals surface area contributed by atoms with Crippen molar-refractivity contribution in [1.82, 2.24) is 10.6 Å². The first kappa shape index (κ1) is 19.4. The maximum Gasteiger partial charge on any atom is 0.244 e. The van der Waals surface area contributed by atoms with Gasteiger partial charge in [-0.15, -0.1) is 12.4 Å². The van der Waals surface area contributed by atoms with Gasteiger partial charge in [0, 0.05) is 13.6 Å². The molecule has 1 rings (SSSR count). The van der Waals surface area contributed by atoms with Crippen LogP contribution in [0.4, 0.5) is 0 Å². The summed E-state index contributed by atoms with van der Waals surface area (Å²) in [6.45, 7) is 5.42. The molecule has 4 N–H and O–H groups in total. The maximum absolute atomic E-state index is 12.3. The summed E-state index contributed by atoms with van der Waals surface area (Å²) in [6.07, 6.45) is 0. The van der Waals surface area contributed by atoms with Crippen LogP contribution in [0.15, 0.2) is 30.3 Å². The van der Waals surface area contributed by atoms with Gasteiger partial charge in [-0.1, -0.05) is 30.3 Å². The Labute approximate surface area is 132 Å². The van der Waals surface area contributed by atoms with E-state index in [4.69, 9.17) is 5.73 Å². The van der Waals surface area contributed by atoms with Crippen molar-refractivity contribution in [2.24, 2.45) is 11.1 Å². The van der Waals surface area contributed by atoms with Crippen molar-refractivity contribution < 1.29 is 9.59 Å². The summed E-state index contributed by atoms with van der Waals surface area (Å²) in [4.78, 5) is 23.9. The van der Waals surface area contributed by atoms with Gasteiger partial charge < -0.3 is 16.4 Å². The molecule has 1 aromatic rings. The van der Waals surface area contributed by atoms with Crippen molar-refractivity contribution in [1.29, 1.82) is 0 Å². The molecular formula is C15H24ClN3O2. The van der Waals surface area contributed by atoms with Crippen LogP contribution >= 0.6 is 12.4 Å². The monoisotopic (exact) mass is 313 g/mol. The van der Waals surface area contributed by atoms with Gasteiger partial charge in [0.2, 0.25) is 11.8 Å². The van der Waals surface area contributed by atoms with Crippen LogP contribution in [0.5, 0.6) is 0 Å². The number of rotatable bonds is 5. The highest BCUT2D eigenvalue weighted by Crippen LogP contribution is 2.19. The lowest BCUT2D eigenvalue weighted by atomic mass is 9.89. The quantitative estimate of drug-likeness (QED) is 0.763. The largest absolute Gasteiger partial charge is 0.359 e. The molecule has 0 saturated heterocycles. The van der Waals surface area contributed by atoms with Gasteiger partial charge >= 0.3 is 0 Å². The number of hydrogen-bond acceptors (Lipinski definition) is 3. The van der Waals surface area contributed by atoms with Gasteiger partial charge in [0.1, 0.15) is 5.54 Å². The minimum absolute atomic E-state index is 0. The molecule has 0 aliphatic rings. The van der Waals surface area contributed by atoms with E-state index < -0.39 is 11.0 Å². The Morgan fingerprint density at radius 3 is 2.10 bits per heavy atom. The number of nitrogens with one attached hydrogen (secondary N) is 2. The molecule has 0 aromatic heterocycles. The smallest absolute Gasteiger partial charge is 0.244 e. The van der Waals surface area contributed by atoms with Crippen molar-refractivity contribution in [3.05, 3.63) is 35.9 Å². The molecule has 0 aliphatic carbocycles. The van der Waals surface area contributed by atoms with Crippen LogP contribution in [0, 0.1) is 5.41 Å². The molecule has 21 heavy (non-hydrogen) atoms. The summed E-state index contributed by atoms with van der Waals surface area (Å²) in [5.41, 5.74) is 5.03. The highest BCUT2D eigenvalue weighted by molar-refractivity contribution is 5.88. The zero-order chi connectivity index (χ0) is 15.4. The lowest BCUT2D eigenvalue weighted by Crippen LogP contribution is -2.52. The Hall–Kier alpha value is -1.59. The molecule has 0 heterocycles. The first-order chi connectivity index (χ1) is 9.21. The Kier molecular flexibility index (Phi) is 6.86. The third-order valence-corrected chi connectivity index (χ3v) is 3.38. The first-order valence-electron chi connectivity index (χ1n) is 6.56. The minimum Gasteiger partial charge on any atom is -0.359 e. The summed E-state index contributed by atoms with van der Waals surface area (Å²) in [7, 11) is 1.57. The normalized spacial score (nSPS) is 13.6. The van der Waals surface area contributed by atoms with E-state index in [9.17, 15) is 9.59 Å². The standard InChI is InChI=1S/C15H23N3O2.ClH/c1-14(2,12(19)17-4)10-18-13(20)15(3,16)11-8-6-5-7-9-11;/h5-9H,10,16H2,1-4H3,(H,17,19)(H,18,20);1H. The second-order valence-corrected chi connectivity index (χ2v) is 5.71. The molecule has 0 radical (unpaired) electrons. The highest BCUT2D eigenvalue weighted by Gasteiger charge is 2.33. The lowest BCUT2D eigenvalue weighted by molar-refractivity contribution is -0.130. The van der Waals surface area contributed by atoms with E-state index in [0.717, 1.165) is 5.56 Å². The fourth-order valence-electron chi connectivity index (χ4n) is 1.82. The molecule has 118 valence electrons. The third kappa shape index (κ3) is 4.72. The van der Waals surface area contributed by atoms with E-state index in [1.807, 2.05) is 30.3 Å². The third-order valence-electron chi connectivity index (χ3n) is 3.38. The Bertz CT molecular complexity index is 487. The molecule has 0 saturated carbocycles. The van der Waals surface area contributed by atoms with Crippen LogP contribution < -0.4 is 16.4 Å². The van der Waals surface area contributed by atoms with E-state index in [-0.39, 0.29) is 30.8 Å². The molecular weight excluding hydrogens is 290 g/mol. The first-order valence-corrected chi connectivity index (χ1v) is 6.56. The molecule has 1 unspecified atom stereocenters. The SMILES string of the molecule is CNC(=O)C(C)(C)CNC(=O)C(C)(N)c1ccccc1.Cl. The fraction of sp³-hybridized carbons (Fsp3) is 0.467. The second kappa shape index (κ2) is 7.43. The van der Waals surface area contributed by atoms with Crippen LogP contribution in [0.25, 0.3) is 0 Å². The van der Waals surface area contributed by atoms with Crippen molar-refractivity contribution in [3.8, 4) is 0 Å². The van der Waals surface area contributed by atoms with Crippen LogP contribution in [-0.4, -0.2) is 25.4 Å². The van der Waals surface area contributed by atoms with Gasteiger partial charge in [0.15, 0.2) is 0 Å². The molecule has 0 fully saturated rings. The van der Waals surface area contributed by atoms with Crippen molar-refractivity contribution in [2.75, 3.05) is 13.6 Å². The molecule has 0 spiro atoms. The van der Waals surface area contributed by atoms with Gasteiger partial charge in [0.05, 0.1) is 5.41 Å². The minimum atomic E-state index is -1.12. The molecule has 1 atom stereocenters. The summed E-state index contributed by atoms with van der Waals surface area (Å²) in [5.74, 6) is -0.433. The molecule has 6 heteroatoms. The second-order valence-electron chi connectivity index (χ2n) is 5.71. The molecule has 2 amide bonds. The van der Waals surface area contributed by atoms with Gasteiger partial charge in [-0.3, -0.25) is 9.59 Å². The van der Waals surface area contributed by atoms with Crippen molar-refractivity contribution in [2.45, 2.75) is 26.3 Å². The van der Waals surface area contributed by atoms with Crippen LogP contribution in [0.3, 0.4) is 0 Å². The topological polar surface area (TPSA) is 84.2 Å². The summed E-state index contributed by atoms with van der Waals surface area (Å²) < 4.78 is 0. The zero-order valence-corrected chi connectivity index (χ0v) is 13.7. The van der Waals surface area contributed by atoms with Crippen LogP contribution in [0.2, 0.25) is 0 Å². The summed E-state index contributed by atoms with van der Waals surface area (Å²) >= 11 is 0. The summed E-state index contributed by atoms with van der Waals surface area (Å²) in [5, 5.41) is 5.33. The number of hydrogen-bond donors (Lipinski definition) is 3. The number of amides is 2. The number of halogens is 1. The van der Waals surface area contributed by atoms with Crippen molar-refractivity contribution >= 4 is 24.2 Å². The average Bonchev–Trinajstić information content (AvgIpc) is 2.44. The van der Waals surface area contributed by atoms with Gasteiger partial charge in [-0.05, 0) is 26.3 Å². The fourth-order valence-corrected chi connectivity index (χ4v) is 1.82. The Morgan fingerprint density at radius 1 is 1.10 bits per heavy atom. The molecule has 0 aliphatic heterocycles. The maximum atomic E-state index is 12.3. The number of carbonyl (C=O) groups excluding carboxylic acids is 2. The number of nitrogens with two attached hydrogens (primary N) is 1. The molecule has 5 nitrogen and oxygen atoms in total. The Morgan fingerprint density at radius 2 is 1.62 bits per heavy atom. The van der Waals surface area contributed by atoms with Gasteiger partial charge in [-0.2, -0.15) is 0 Å². The number of benzene rings is 1. The van der Waals surface area contributed by atoms with Gasteiger partial charge in [0.25, 0.3) is 0 Å². The number of carbonyl (C=O) groups is 2. The van der Waals surface area contributed by atoms with Crippen LogP contribution in [0.1, 0.15) is 26.3 Å². The zero-order valence-electron chi connectivity index (χ0n) is 12.9. The predicted molar refractivity (Wildman–Crippen MR) is 86.1 cm³/mol. The Balaban J connectivity index is 0.00000400. The van der Waals surface area contributed by atoms with E-state index in [2.05, 4.69) is 10.6 Å². The summed E-state index contributed by atoms with van der Waals surface area (Å²) in [6, 6.07) is 9.16.